The van der Waals surface area contributed by atoms with E-state index in [1.807, 2.05) is 6.92 Å². The smallest absolute Gasteiger partial charge is 0.0636 e. The predicted octanol–water partition coefficient (Wildman–Crippen LogP) is 1.27. The van der Waals surface area contributed by atoms with Crippen molar-refractivity contribution in [3.05, 3.63) is 0 Å². The standard InChI is InChI=1S/C12H26N2O/c1-10(14-9-11(2)15)8-12-6-4-3-5-7-13-12/h10-15H,3-9H2,1-2H3. The molecule has 3 nitrogen and oxygen atoms in total. The minimum Gasteiger partial charge on any atom is -0.392 e. The van der Waals surface area contributed by atoms with E-state index in [0.717, 1.165) is 0 Å². The number of hydrogen-bond donors (Lipinski definition) is 3. The van der Waals surface area contributed by atoms with Gasteiger partial charge in [-0.1, -0.05) is 12.8 Å². The van der Waals surface area contributed by atoms with Crippen LogP contribution in [0.5, 0.6) is 0 Å². The number of aliphatic hydroxyl groups excluding tert-OH is 1. The number of aliphatic hydroxyl groups is 1. The predicted molar refractivity (Wildman–Crippen MR) is 64.0 cm³/mol. The fourth-order valence-corrected chi connectivity index (χ4v) is 2.18. The molecule has 0 spiro atoms. The quantitative estimate of drug-likeness (QED) is 0.646. The fourth-order valence-electron chi connectivity index (χ4n) is 2.18. The van der Waals surface area contributed by atoms with E-state index in [0.29, 0.717) is 18.6 Å². The molecule has 1 rings (SSSR count). The molecule has 15 heavy (non-hydrogen) atoms. The van der Waals surface area contributed by atoms with Crippen molar-refractivity contribution in [2.24, 2.45) is 0 Å². The monoisotopic (exact) mass is 214 g/mol. The van der Waals surface area contributed by atoms with Gasteiger partial charge in [-0.2, -0.15) is 0 Å². The summed E-state index contributed by atoms with van der Waals surface area (Å²) < 4.78 is 0. The second-order valence-electron chi connectivity index (χ2n) is 4.89. The van der Waals surface area contributed by atoms with Crippen molar-refractivity contribution in [1.82, 2.24) is 10.6 Å². The largest absolute Gasteiger partial charge is 0.392 e. The van der Waals surface area contributed by atoms with Crippen LogP contribution in [0.15, 0.2) is 0 Å². The average Bonchev–Trinajstić information content (AvgIpc) is 2.43. The molecule has 1 aliphatic rings. The molecule has 1 aliphatic heterocycles. The lowest BCUT2D eigenvalue weighted by atomic mass is 10.0. The van der Waals surface area contributed by atoms with Crippen LogP contribution in [0.1, 0.15) is 46.0 Å². The molecule has 3 N–H and O–H groups in total. The summed E-state index contributed by atoms with van der Waals surface area (Å²) in [5, 5.41) is 16.1. The third-order valence-electron chi connectivity index (χ3n) is 3.06. The van der Waals surface area contributed by atoms with E-state index >= 15 is 0 Å². The van der Waals surface area contributed by atoms with Crippen molar-refractivity contribution < 1.29 is 5.11 Å². The Labute approximate surface area is 93.6 Å². The van der Waals surface area contributed by atoms with E-state index < -0.39 is 0 Å². The van der Waals surface area contributed by atoms with Crippen LogP contribution in [-0.4, -0.2) is 36.4 Å². The second kappa shape index (κ2) is 7.20. The summed E-state index contributed by atoms with van der Waals surface area (Å²) in [6.45, 7) is 5.90. The molecule has 90 valence electrons. The summed E-state index contributed by atoms with van der Waals surface area (Å²) in [6, 6.07) is 1.17. The first kappa shape index (κ1) is 12.9. The Morgan fingerprint density at radius 2 is 2.13 bits per heavy atom. The van der Waals surface area contributed by atoms with Crippen molar-refractivity contribution in [3.63, 3.8) is 0 Å². The minimum atomic E-state index is -0.241. The van der Waals surface area contributed by atoms with Gasteiger partial charge in [-0.3, -0.25) is 0 Å². The molecule has 0 amide bonds. The topological polar surface area (TPSA) is 44.3 Å². The molecule has 0 aliphatic carbocycles. The highest BCUT2D eigenvalue weighted by Gasteiger charge is 2.14. The lowest BCUT2D eigenvalue weighted by Gasteiger charge is -2.22. The van der Waals surface area contributed by atoms with Crippen LogP contribution in [0.2, 0.25) is 0 Å². The lowest BCUT2D eigenvalue weighted by molar-refractivity contribution is 0.185. The zero-order valence-electron chi connectivity index (χ0n) is 10.1. The van der Waals surface area contributed by atoms with E-state index in [1.165, 1.54) is 38.6 Å². The van der Waals surface area contributed by atoms with Crippen molar-refractivity contribution >= 4 is 0 Å². The zero-order valence-corrected chi connectivity index (χ0v) is 10.1. The minimum absolute atomic E-state index is 0.241. The first-order valence-electron chi connectivity index (χ1n) is 6.33. The lowest BCUT2D eigenvalue weighted by Crippen LogP contribution is -2.39. The SMILES string of the molecule is CC(O)CNC(C)CC1CCCCCN1. The third kappa shape index (κ3) is 6.13. The highest BCUT2D eigenvalue weighted by atomic mass is 16.3. The maximum absolute atomic E-state index is 9.17. The van der Waals surface area contributed by atoms with Crippen LogP contribution < -0.4 is 10.6 Å². The Bertz CT molecular complexity index is 154. The normalized spacial score (nSPS) is 27.0. The second-order valence-corrected chi connectivity index (χ2v) is 4.89. The molecule has 1 saturated heterocycles. The van der Waals surface area contributed by atoms with E-state index in [1.54, 1.807) is 0 Å². The van der Waals surface area contributed by atoms with Gasteiger partial charge in [-0.25, -0.2) is 0 Å². The number of hydrogen-bond acceptors (Lipinski definition) is 3. The molecule has 3 atom stereocenters. The fraction of sp³-hybridized carbons (Fsp3) is 1.00. The van der Waals surface area contributed by atoms with Gasteiger partial charge in [-0.15, -0.1) is 0 Å². The maximum atomic E-state index is 9.17. The molecule has 1 heterocycles. The van der Waals surface area contributed by atoms with Crippen LogP contribution in [0.4, 0.5) is 0 Å². The van der Waals surface area contributed by atoms with Crippen molar-refractivity contribution in [3.8, 4) is 0 Å². The average molecular weight is 214 g/mol. The molecule has 0 aromatic rings. The zero-order chi connectivity index (χ0) is 11.1. The Morgan fingerprint density at radius 3 is 2.87 bits per heavy atom. The molecule has 0 aromatic heterocycles. The molecule has 3 unspecified atom stereocenters. The van der Waals surface area contributed by atoms with Gasteiger partial charge in [-0.05, 0) is 39.7 Å². The van der Waals surface area contributed by atoms with Crippen LogP contribution in [0.25, 0.3) is 0 Å². The van der Waals surface area contributed by atoms with Gasteiger partial charge in [0.25, 0.3) is 0 Å². The summed E-state index contributed by atoms with van der Waals surface area (Å²) in [6.07, 6.45) is 6.30. The van der Waals surface area contributed by atoms with Gasteiger partial charge in [0.05, 0.1) is 6.10 Å². The van der Waals surface area contributed by atoms with Crippen LogP contribution in [-0.2, 0) is 0 Å². The molecular weight excluding hydrogens is 188 g/mol. The van der Waals surface area contributed by atoms with Gasteiger partial charge >= 0.3 is 0 Å². The van der Waals surface area contributed by atoms with Gasteiger partial charge in [0.1, 0.15) is 0 Å². The number of rotatable bonds is 5. The summed E-state index contributed by atoms with van der Waals surface area (Å²) >= 11 is 0. The van der Waals surface area contributed by atoms with E-state index in [4.69, 9.17) is 0 Å². The van der Waals surface area contributed by atoms with Gasteiger partial charge in [0, 0.05) is 18.6 Å². The van der Waals surface area contributed by atoms with Gasteiger partial charge < -0.3 is 15.7 Å². The molecule has 0 radical (unpaired) electrons. The molecule has 0 saturated carbocycles. The number of nitrogens with one attached hydrogen (secondary N) is 2. The Kier molecular flexibility index (Phi) is 6.22. The first-order valence-corrected chi connectivity index (χ1v) is 6.33. The molecule has 1 fully saturated rings. The van der Waals surface area contributed by atoms with Gasteiger partial charge in [0.15, 0.2) is 0 Å². The molecule has 0 bridgehead atoms. The van der Waals surface area contributed by atoms with Crippen molar-refractivity contribution in [1.29, 1.82) is 0 Å². The van der Waals surface area contributed by atoms with Gasteiger partial charge in [0.2, 0.25) is 0 Å². The van der Waals surface area contributed by atoms with Crippen molar-refractivity contribution in [2.75, 3.05) is 13.1 Å². The van der Waals surface area contributed by atoms with Crippen LogP contribution in [0.3, 0.4) is 0 Å². The first-order chi connectivity index (χ1) is 7.18. The van der Waals surface area contributed by atoms with Crippen molar-refractivity contribution in [2.45, 2.75) is 64.1 Å². The van der Waals surface area contributed by atoms with E-state index in [9.17, 15) is 5.11 Å². The Hall–Kier alpha value is -0.120. The van der Waals surface area contributed by atoms with Crippen LogP contribution >= 0.6 is 0 Å². The molecular formula is C12H26N2O. The Balaban J connectivity index is 2.14. The van der Waals surface area contributed by atoms with Crippen LogP contribution in [0, 0.1) is 0 Å². The molecule has 0 aromatic carbocycles. The molecule has 3 heteroatoms. The summed E-state index contributed by atoms with van der Waals surface area (Å²) in [7, 11) is 0. The summed E-state index contributed by atoms with van der Waals surface area (Å²) in [5.41, 5.74) is 0. The van der Waals surface area contributed by atoms with E-state index in [-0.39, 0.29) is 6.10 Å². The third-order valence-corrected chi connectivity index (χ3v) is 3.06. The Morgan fingerprint density at radius 1 is 1.33 bits per heavy atom. The van der Waals surface area contributed by atoms with E-state index in [2.05, 4.69) is 17.6 Å². The summed E-state index contributed by atoms with van der Waals surface area (Å²) in [4.78, 5) is 0. The highest BCUT2D eigenvalue weighted by molar-refractivity contribution is 4.76. The highest BCUT2D eigenvalue weighted by Crippen LogP contribution is 2.12. The summed E-state index contributed by atoms with van der Waals surface area (Å²) in [5.74, 6) is 0. The maximum Gasteiger partial charge on any atom is 0.0636 e.